The third-order valence-electron chi connectivity index (χ3n) is 4.86. The molecule has 140 valence electrons. The first-order chi connectivity index (χ1) is 13.3. The van der Waals surface area contributed by atoms with Gasteiger partial charge in [-0.25, -0.2) is 4.98 Å². The Balaban J connectivity index is 1.39. The molecule has 0 unspecified atom stereocenters. The van der Waals surface area contributed by atoms with Crippen LogP contribution in [0, 0.1) is 0 Å². The number of likely N-dealkylation sites (tertiary alicyclic amines) is 1. The number of anilines is 1. The lowest BCUT2D eigenvalue weighted by atomic mass is 10.1. The van der Waals surface area contributed by atoms with Crippen molar-refractivity contribution >= 4 is 22.4 Å². The highest BCUT2D eigenvalue weighted by atomic mass is 32.1. The normalized spacial score (nSPS) is 15.0. The van der Waals surface area contributed by atoms with Gasteiger partial charge in [-0.1, -0.05) is 36.8 Å². The fourth-order valence-electron chi connectivity index (χ4n) is 3.48. The molecular weight excluding hydrogens is 356 g/mol. The molecule has 1 aliphatic heterocycles. The first-order valence-electron chi connectivity index (χ1n) is 9.45. The van der Waals surface area contributed by atoms with Gasteiger partial charge in [0.05, 0.1) is 5.69 Å². The molecule has 1 aromatic carbocycles. The van der Waals surface area contributed by atoms with Crippen LogP contribution in [0.5, 0.6) is 0 Å². The molecular formula is C21H24N4OS. The van der Waals surface area contributed by atoms with E-state index in [2.05, 4.69) is 27.3 Å². The molecule has 2 aromatic heterocycles. The quantitative estimate of drug-likeness (QED) is 0.696. The van der Waals surface area contributed by atoms with Crippen molar-refractivity contribution in [3.05, 3.63) is 71.0 Å². The summed E-state index contributed by atoms with van der Waals surface area (Å²) in [5, 5.41) is 5.67. The Morgan fingerprint density at radius 3 is 2.67 bits per heavy atom. The van der Waals surface area contributed by atoms with Crippen molar-refractivity contribution in [3.8, 4) is 0 Å². The number of nitrogens with zero attached hydrogens (tertiary/aromatic N) is 3. The third kappa shape index (κ3) is 4.64. The van der Waals surface area contributed by atoms with Crippen LogP contribution < -0.4 is 5.32 Å². The predicted molar refractivity (Wildman–Crippen MR) is 109 cm³/mol. The lowest BCUT2D eigenvalue weighted by Crippen LogP contribution is -2.29. The van der Waals surface area contributed by atoms with Crippen LogP contribution >= 0.6 is 11.3 Å². The topological polar surface area (TPSA) is 50.2 Å². The number of thiazole rings is 1. The van der Waals surface area contributed by atoms with Gasteiger partial charge in [0, 0.05) is 24.7 Å². The Kier molecular flexibility index (Phi) is 5.65. The minimum atomic E-state index is -0.116. The van der Waals surface area contributed by atoms with Gasteiger partial charge in [-0.15, -0.1) is 11.3 Å². The van der Waals surface area contributed by atoms with Crippen LogP contribution in [0.4, 0.5) is 5.13 Å². The van der Waals surface area contributed by atoms with E-state index in [0.717, 1.165) is 25.3 Å². The number of carbonyl (C=O) groups is 1. The first kappa shape index (κ1) is 17.9. The molecule has 0 radical (unpaired) electrons. The Hall–Kier alpha value is -2.44. The number of carbonyl (C=O) groups excluding carboxylic acids is 1. The van der Waals surface area contributed by atoms with E-state index in [4.69, 9.17) is 0 Å². The summed E-state index contributed by atoms with van der Waals surface area (Å²) in [6.07, 6.45) is 5.81. The third-order valence-corrected chi connectivity index (χ3v) is 5.67. The fourth-order valence-corrected chi connectivity index (χ4v) is 4.18. The van der Waals surface area contributed by atoms with E-state index in [9.17, 15) is 4.79 Å². The molecule has 1 aliphatic rings. The molecule has 0 atom stereocenters. The summed E-state index contributed by atoms with van der Waals surface area (Å²) in [6, 6.07) is 13.9. The van der Waals surface area contributed by atoms with Crippen LogP contribution in [0.15, 0.2) is 54.0 Å². The van der Waals surface area contributed by atoms with Crippen molar-refractivity contribution in [1.82, 2.24) is 14.5 Å². The van der Waals surface area contributed by atoms with Crippen LogP contribution in [0.1, 0.15) is 41.0 Å². The Labute approximate surface area is 163 Å². The second-order valence-electron chi connectivity index (χ2n) is 6.94. The zero-order valence-electron chi connectivity index (χ0n) is 15.3. The first-order valence-corrected chi connectivity index (χ1v) is 10.3. The summed E-state index contributed by atoms with van der Waals surface area (Å²) < 4.78 is 1.97. The monoisotopic (exact) mass is 380 g/mol. The van der Waals surface area contributed by atoms with Crippen LogP contribution in [-0.2, 0) is 13.1 Å². The van der Waals surface area contributed by atoms with E-state index in [1.54, 1.807) is 0 Å². The van der Waals surface area contributed by atoms with Gasteiger partial charge >= 0.3 is 0 Å². The molecule has 4 rings (SSSR count). The van der Waals surface area contributed by atoms with Gasteiger partial charge in [-0.3, -0.25) is 15.0 Å². The Morgan fingerprint density at radius 2 is 1.85 bits per heavy atom. The van der Waals surface area contributed by atoms with Crippen molar-refractivity contribution in [1.29, 1.82) is 0 Å². The van der Waals surface area contributed by atoms with Crippen molar-refractivity contribution < 1.29 is 4.79 Å². The maximum absolute atomic E-state index is 12.7. The van der Waals surface area contributed by atoms with Gasteiger partial charge in [0.1, 0.15) is 5.69 Å². The number of hydrogen-bond acceptors (Lipinski definition) is 4. The maximum atomic E-state index is 12.7. The highest BCUT2D eigenvalue weighted by Crippen LogP contribution is 2.20. The van der Waals surface area contributed by atoms with E-state index < -0.39 is 0 Å². The zero-order chi connectivity index (χ0) is 18.5. The van der Waals surface area contributed by atoms with E-state index in [1.165, 1.54) is 36.2 Å². The lowest BCUT2D eigenvalue weighted by molar-refractivity contribution is 0.101. The molecule has 1 saturated heterocycles. The minimum Gasteiger partial charge on any atom is -0.339 e. The molecule has 5 nitrogen and oxygen atoms in total. The van der Waals surface area contributed by atoms with Gasteiger partial charge in [0.15, 0.2) is 5.13 Å². The van der Waals surface area contributed by atoms with Gasteiger partial charge in [0.2, 0.25) is 0 Å². The molecule has 1 amide bonds. The fraction of sp³-hybridized carbons (Fsp3) is 0.333. The number of aromatic nitrogens is 2. The summed E-state index contributed by atoms with van der Waals surface area (Å²) in [7, 11) is 0. The number of benzene rings is 1. The SMILES string of the molecule is O=C(Nc1nc(CN2CCCCC2)cs1)c1cccn1Cc1ccccc1. The summed E-state index contributed by atoms with van der Waals surface area (Å²) in [6.45, 7) is 3.84. The van der Waals surface area contributed by atoms with Crippen molar-refractivity contribution in [2.75, 3.05) is 18.4 Å². The van der Waals surface area contributed by atoms with Gasteiger partial charge in [-0.2, -0.15) is 0 Å². The molecule has 0 saturated carbocycles. The minimum absolute atomic E-state index is 0.116. The average Bonchev–Trinajstić information content (AvgIpc) is 3.33. The van der Waals surface area contributed by atoms with E-state index in [0.29, 0.717) is 17.4 Å². The number of piperidine rings is 1. The molecule has 3 aromatic rings. The molecule has 1 N–H and O–H groups in total. The number of nitrogens with one attached hydrogen (secondary N) is 1. The summed E-state index contributed by atoms with van der Waals surface area (Å²) in [5.74, 6) is -0.116. The largest absolute Gasteiger partial charge is 0.339 e. The Morgan fingerprint density at radius 1 is 1.04 bits per heavy atom. The van der Waals surface area contributed by atoms with Gasteiger partial charge < -0.3 is 4.57 Å². The van der Waals surface area contributed by atoms with Crippen molar-refractivity contribution in [3.63, 3.8) is 0 Å². The maximum Gasteiger partial charge on any atom is 0.274 e. The molecule has 3 heterocycles. The Bertz CT molecular complexity index is 880. The van der Waals surface area contributed by atoms with Gasteiger partial charge in [0.25, 0.3) is 5.91 Å². The van der Waals surface area contributed by atoms with Gasteiger partial charge in [-0.05, 0) is 43.6 Å². The second-order valence-corrected chi connectivity index (χ2v) is 7.80. The van der Waals surface area contributed by atoms with E-state index >= 15 is 0 Å². The van der Waals surface area contributed by atoms with E-state index in [-0.39, 0.29) is 5.91 Å². The molecule has 27 heavy (non-hydrogen) atoms. The number of amides is 1. The van der Waals surface area contributed by atoms with Crippen LogP contribution in [0.3, 0.4) is 0 Å². The number of hydrogen-bond donors (Lipinski definition) is 1. The van der Waals surface area contributed by atoms with E-state index in [1.807, 2.05) is 46.5 Å². The number of rotatable bonds is 6. The summed E-state index contributed by atoms with van der Waals surface area (Å²) in [4.78, 5) is 19.8. The lowest BCUT2D eigenvalue weighted by Gasteiger charge is -2.25. The van der Waals surface area contributed by atoms with Crippen LogP contribution in [0.2, 0.25) is 0 Å². The smallest absolute Gasteiger partial charge is 0.274 e. The second kappa shape index (κ2) is 8.50. The van der Waals surface area contributed by atoms with Crippen LogP contribution in [-0.4, -0.2) is 33.4 Å². The van der Waals surface area contributed by atoms with Crippen LogP contribution in [0.25, 0.3) is 0 Å². The molecule has 0 spiro atoms. The molecule has 1 fully saturated rings. The van der Waals surface area contributed by atoms with Crippen molar-refractivity contribution in [2.45, 2.75) is 32.4 Å². The molecule has 0 aliphatic carbocycles. The average molecular weight is 381 g/mol. The highest BCUT2D eigenvalue weighted by molar-refractivity contribution is 7.13. The molecule has 0 bridgehead atoms. The summed E-state index contributed by atoms with van der Waals surface area (Å²) in [5.41, 5.74) is 2.85. The van der Waals surface area contributed by atoms with Crippen molar-refractivity contribution in [2.24, 2.45) is 0 Å². The standard InChI is InChI=1S/C21H24N4OS/c26-20(19-10-7-13-25(19)14-17-8-3-1-4-9-17)23-21-22-18(16-27-21)15-24-11-5-2-6-12-24/h1,3-4,7-10,13,16H,2,5-6,11-12,14-15H2,(H,22,23,26). The highest BCUT2D eigenvalue weighted by Gasteiger charge is 2.15. The predicted octanol–water partition coefficient (Wildman–Crippen LogP) is 4.23. The zero-order valence-corrected chi connectivity index (χ0v) is 16.1. The molecule has 6 heteroatoms. The summed E-state index contributed by atoms with van der Waals surface area (Å²) >= 11 is 1.49.